The van der Waals surface area contributed by atoms with Crippen LogP contribution in [0.5, 0.6) is 17.2 Å². The van der Waals surface area contributed by atoms with Gasteiger partial charge in [0.05, 0.1) is 21.3 Å². The number of benzene rings is 2. The molecule has 0 aliphatic carbocycles. The standard InChI is InChI=1S/C16H17FO4/c1-19-13-8-7-10(17)9-12(13)15(18)11-5-4-6-14(20-2)16(11)21-3/h4-9,15,18H,1-3H3. The summed E-state index contributed by atoms with van der Waals surface area (Å²) in [6.45, 7) is 0. The van der Waals surface area contributed by atoms with Crippen LogP contribution in [0.25, 0.3) is 0 Å². The molecule has 0 aliphatic rings. The number of halogens is 1. The average Bonchev–Trinajstić information content (AvgIpc) is 2.53. The van der Waals surface area contributed by atoms with Crippen molar-refractivity contribution in [3.8, 4) is 17.2 Å². The van der Waals surface area contributed by atoms with Gasteiger partial charge in [-0.15, -0.1) is 0 Å². The highest BCUT2D eigenvalue weighted by Gasteiger charge is 2.22. The fourth-order valence-electron chi connectivity index (χ4n) is 2.21. The largest absolute Gasteiger partial charge is 0.496 e. The van der Waals surface area contributed by atoms with Crippen molar-refractivity contribution < 1.29 is 23.7 Å². The Hall–Kier alpha value is -2.27. The van der Waals surface area contributed by atoms with Gasteiger partial charge < -0.3 is 19.3 Å². The van der Waals surface area contributed by atoms with E-state index in [1.54, 1.807) is 18.2 Å². The molecule has 0 amide bonds. The molecule has 0 radical (unpaired) electrons. The summed E-state index contributed by atoms with van der Waals surface area (Å²) in [6.07, 6.45) is -1.10. The molecule has 5 heteroatoms. The average molecular weight is 292 g/mol. The van der Waals surface area contributed by atoms with Crippen LogP contribution in [-0.4, -0.2) is 26.4 Å². The predicted octanol–water partition coefficient (Wildman–Crippen LogP) is 2.93. The van der Waals surface area contributed by atoms with E-state index in [0.29, 0.717) is 28.4 Å². The van der Waals surface area contributed by atoms with Crippen molar-refractivity contribution in [1.82, 2.24) is 0 Å². The SMILES string of the molecule is COc1ccc(F)cc1C(O)c1cccc(OC)c1OC. The lowest BCUT2D eigenvalue weighted by molar-refractivity contribution is 0.207. The van der Waals surface area contributed by atoms with Crippen LogP contribution in [0.1, 0.15) is 17.2 Å². The third kappa shape index (κ3) is 2.92. The summed E-state index contributed by atoms with van der Waals surface area (Å²) < 4.78 is 29.1. The minimum Gasteiger partial charge on any atom is -0.496 e. The zero-order valence-electron chi connectivity index (χ0n) is 12.1. The normalized spacial score (nSPS) is 11.9. The number of methoxy groups -OCH3 is 3. The maximum atomic E-state index is 13.5. The van der Waals surface area contributed by atoms with Crippen molar-refractivity contribution in [2.75, 3.05) is 21.3 Å². The minimum absolute atomic E-state index is 0.323. The molecule has 112 valence electrons. The Labute approximate surface area is 122 Å². The Morgan fingerprint density at radius 1 is 0.905 bits per heavy atom. The van der Waals surface area contributed by atoms with E-state index in [4.69, 9.17) is 14.2 Å². The van der Waals surface area contributed by atoms with E-state index in [1.807, 2.05) is 0 Å². The fourth-order valence-corrected chi connectivity index (χ4v) is 2.21. The number of hydrogen-bond donors (Lipinski definition) is 1. The number of rotatable bonds is 5. The van der Waals surface area contributed by atoms with Crippen LogP contribution in [0.15, 0.2) is 36.4 Å². The molecule has 1 unspecified atom stereocenters. The first-order chi connectivity index (χ1) is 10.1. The van der Waals surface area contributed by atoms with Gasteiger partial charge >= 0.3 is 0 Å². The Morgan fingerprint density at radius 3 is 2.24 bits per heavy atom. The highest BCUT2D eigenvalue weighted by Crippen LogP contribution is 2.39. The van der Waals surface area contributed by atoms with Gasteiger partial charge in [-0.05, 0) is 24.3 Å². The van der Waals surface area contributed by atoms with E-state index >= 15 is 0 Å². The first-order valence-corrected chi connectivity index (χ1v) is 6.34. The number of hydrogen-bond acceptors (Lipinski definition) is 4. The summed E-state index contributed by atoms with van der Waals surface area (Å²) in [4.78, 5) is 0. The van der Waals surface area contributed by atoms with Crippen LogP contribution in [0.2, 0.25) is 0 Å². The van der Waals surface area contributed by atoms with Crippen molar-refractivity contribution in [1.29, 1.82) is 0 Å². The number of para-hydroxylation sites is 1. The third-order valence-electron chi connectivity index (χ3n) is 3.21. The van der Waals surface area contributed by atoms with Crippen LogP contribution in [0.4, 0.5) is 4.39 Å². The highest BCUT2D eigenvalue weighted by molar-refractivity contribution is 5.51. The molecule has 0 aromatic heterocycles. The van der Waals surface area contributed by atoms with Crippen LogP contribution >= 0.6 is 0 Å². The lowest BCUT2D eigenvalue weighted by Crippen LogP contribution is -2.06. The first kappa shape index (κ1) is 15.1. The van der Waals surface area contributed by atoms with Gasteiger partial charge in [0.2, 0.25) is 0 Å². The third-order valence-corrected chi connectivity index (χ3v) is 3.21. The second-order valence-corrected chi connectivity index (χ2v) is 4.37. The molecule has 2 aromatic carbocycles. The van der Waals surface area contributed by atoms with Gasteiger partial charge in [-0.25, -0.2) is 4.39 Å². The summed E-state index contributed by atoms with van der Waals surface area (Å²) in [5.74, 6) is 0.837. The lowest BCUT2D eigenvalue weighted by atomic mass is 9.99. The molecule has 21 heavy (non-hydrogen) atoms. The Balaban J connectivity index is 2.54. The highest BCUT2D eigenvalue weighted by atomic mass is 19.1. The molecule has 1 N–H and O–H groups in total. The van der Waals surface area contributed by atoms with Crippen molar-refractivity contribution in [2.45, 2.75) is 6.10 Å². The molecule has 1 atom stereocenters. The van der Waals surface area contributed by atoms with E-state index in [-0.39, 0.29) is 0 Å². The lowest BCUT2D eigenvalue weighted by Gasteiger charge is -2.19. The summed E-state index contributed by atoms with van der Waals surface area (Å²) in [7, 11) is 4.46. The molecule has 0 aliphatic heterocycles. The molecule has 0 fully saturated rings. The summed E-state index contributed by atoms with van der Waals surface area (Å²) in [5.41, 5.74) is 0.796. The summed E-state index contributed by atoms with van der Waals surface area (Å²) in [6, 6.07) is 9.13. The Kier molecular flexibility index (Phi) is 4.65. The minimum atomic E-state index is -1.10. The number of ether oxygens (including phenoxy) is 3. The predicted molar refractivity (Wildman–Crippen MR) is 76.6 cm³/mol. The zero-order chi connectivity index (χ0) is 15.4. The van der Waals surface area contributed by atoms with Gasteiger partial charge in [0.1, 0.15) is 17.7 Å². The number of aliphatic hydroxyl groups excluding tert-OH is 1. The van der Waals surface area contributed by atoms with Crippen molar-refractivity contribution >= 4 is 0 Å². The van der Waals surface area contributed by atoms with Crippen LogP contribution in [0.3, 0.4) is 0 Å². The van der Waals surface area contributed by atoms with Crippen LogP contribution in [-0.2, 0) is 0 Å². The molecule has 0 spiro atoms. The Morgan fingerprint density at radius 2 is 1.62 bits per heavy atom. The first-order valence-electron chi connectivity index (χ1n) is 6.34. The molecule has 0 saturated carbocycles. The van der Waals surface area contributed by atoms with E-state index in [2.05, 4.69) is 0 Å². The van der Waals surface area contributed by atoms with Crippen LogP contribution < -0.4 is 14.2 Å². The quantitative estimate of drug-likeness (QED) is 0.920. The zero-order valence-corrected chi connectivity index (χ0v) is 12.1. The van der Waals surface area contributed by atoms with Gasteiger partial charge in [0.15, 0.2) is 11.5 Å². The summed E-state index contributed by atoms with van der Waals surface area (Å²) in [5, 5.41) is 10.6. The van der Waals surface area contributed by atoms with Crippen molar-refractivity contribution in [3.63, 3.8) is 0 Å². The van der Waals surface area contributed by atoms with Gasteiger partial charge in [-0.1, -0.05) is 12.1 Å². The summed E-state index contributed by atoms with van der Waals surface area (Å²) >= 11 is 0. The van der Waals surface area contributed by atoms with E-state index in [0.717, 1.165) is 0 Å². The van der Waals surface area contributed by atoms with E-state index < -0.39 is 11.9 Å². The van der Waals surface area contributed by atoms with Crippen molar-refractivity contribution in [3.05, 3.63) is 53.3 Å². The van der Waals surface area contributed by atoms with Gasteiger partial charge in [0, 0.05) is 11.1 Å². The number of aliphatic hydroxyl groups is 1. The monoisotopic (exact) mass is 292 g/mol. The fraction of sp³-hybridized carbons (Fsp3) is 0.250. The molecule has 4 nitrogen and oxygen atoms in total. The molecular weight excluding hydrogens is 275 g/mol. The molecular formula is C16H17FO4. The molecule has 2 aromatic rings. The van der Waals surface area contributed by atoms with Gasteiger partial charge in [-0.3, -0.25) is 0 Å². The second kappa shape index (κ2) is 6.45. The maximum Gasteiger partial charge on any atom is 0.166 e. The Bertz CT molecular complexity index is 628. The van der Waals surface area contributed by atoms with Gasteiger partial charge in [-0.2, -0.15) is 0 Å². The molecule has 0 bridgehead atoms. The van der Waals surface area contributed by atoms with Gasteiger partial charge in [0.25, 0.3) is 0 Å². The van der Waals surface area contributed by atoms with E-state index in [9.17, 15) is 9.50 Å². The molecule has 0 heterocycles. The maximum absolute atomic E-state index is 13.5. The second-order valence-electron chi connectivity index (χ2n) is 4.37. The van der Waals surface area contributed by atoms with Crippen molar-refractivity contribution in [2.24, 2.45) is 0 Å². The topological polar surface area (TPSA) is 47.9 Å². The molecule has 0 saturated heterocycles. The molecule has 2 rings (SSSR count). The van der Waals surface area contributed by atoms with E-state index in [1.165, 1.54) is 39.5 Å². The smallest absolute Gasteiger partial charge is 0.166 e. The van der Waals surface area contributed by atoms with Crippen LogP contribution in [0, 0.1) is 5.82 Å².